The van der Waals surface area contributed by atoms with Gasteiger partial charge in [0.2, 0.25) is 0 Å². The standard InChI is InChI=1S/C9H11BrO3/c1-6(10)4-8(5-9(11)12)7(2)13-3/h4H,1-2,5H2,3H3,(H,11,12)/b8-4-. The van der Waals surface area contributed by atoms with Gasteiger partial charge >= 0.3 is 5.97 Å². The van der Waals surface area contributed by atoms with E-state index in [9.17, 15) is 4.79 Å². The van der Waals surface area contributed by atoms with Gasteiger partial charge < -0.3 is 9.84 Å². The molecular weight excluding hydrogens is 236 g/mol. The molecule has 0 rings (SSSR count). The van der Waals surface area contributed by atoms with Crippen LogP contribution < -0.4 is 0 Å². The zero-order valence-electron chi connectivity index (χ0n) is 7.34. The zero-order valence-corrected chi connectivity index (χ0v) is 8.93. The van der Waals surface area contributed by atoms with Crippen LogP contribution in [-0.2, 0) is 9.53 Å². The molecule has 0 aliphatic heterocycles. The second-order valence-electron chi connectivity index (χ2n) is 2.31. The van der Waals surface area contributed by atoms with Gasteiger partial charge in [-0.3, -0.25) is 4.79 Å². The van der Waals surface area contributed by atoms with Gasteiger partial charge in [0.25, 0.3) is 0 Å². The molecule has 0 aromatic carbocycles. The Morgan fingerprint density at radius 2 is 2.15 bits per heavy atom. The second-order valence-corrected chi connectivity index (χ2v) is 3.33. The Balaban J connectivity index is 4.65. The van der Waals surface area contributed by atoms with Crippen molar-refractivity contribution in [1.82, 2.24) is 0 Å². The highest BCUT2D eigenvalue weighted by Crippen LogP contribution is 2.17. The van der Waals surface area contributed by atoms with Crippen LogP contribution in [0.1, 0.15) is 6.42 Å². The predicted molar refractivity (Wildman–Crippen MR) is 54.6 cm³/mol. The van der Waals surface area contributed by atoms with Crippen molar-refractivity contribution in [3.05, 3.63) is 35.0 Å². The molecule has 0 saturated heterocycles. The summed E-state index contributed by atoms with van der Waals surface area (Å²) < 4.78 is 5.41. The largest absolute Gasteiger partial charge is 0.497 e. The number of halogens is 1. The van der Waals surface area contributed by atoms with Crippen LogP contribution in [0.25, 0.3) is 0 Å². The van der Waals surface area contributed by atoms with Crippen LogP contribution in [0.15, 0.2) is 35.0 Å². The number of methoxy groups -OCH3 is 1. The first-order chi connectivity index (χ1) is 5.97. The fraction of sp³-hybridized carbons (Fsp3) is 0.222. The van der Waals surface area contributed by atoms with Gasteiger partial charge in [-0.25, -0.2) is 0 Å². The minimum absolute atomic E-state index is 0.128. The maximum Gasteiger partial charge on any atom is 0.307 e. The summed E-state index contributed by atoms with van der Waals surface area (Å²) in [6.45, 7) is 7.13. The Bertz CT molecular complexity index is 266. The van der Waals surface area contributed by atoms with Crippen molar-refractivity contribution >= 4 is 21.9 Å². The number of rotatable bonds is 5. The summed E-state index contributed by atoms with van der Waals surface area (Å²) in [5.74, 6) is -0.596. The number of ether oxygens (including phenoxy) is 1. The SMILES string of the molecule is C=C(Br)/C=C(/CC(=O)O)C(=C)OC. The molecule has 0 aliphatic rings. The zero-order chi connectivity index (χ0) is 10.4. The molecule has 72 valence electrons. The van der Waals surface area contributed by atoms with Crippen molar-refractivity contribution in [2.45, 2.75) is 6.42 Å². The minimum atomic E-state index is -0.932. The Morgan fingerprint density at radius 3 is 2.46 bits per heavy atom. The van der Waals surface area contributed by atoms with Crippen LogP contribution in [0.2, 0.25) is 0 Å². The van der Waals surface area contributed by atoms with E-state index in [0.717, 1.165) is 0 Å². The molecule has 0 unspecified atom stereocenters. The first-order valence-electron chi connectivity index (χ1n) is 3.47. The summed E-state index contributed by atoms with van der Waals surface area (Å²) in [7, 11) is 1.44. The van der Waals surface area contributed by atoms with Gasteiger partial charge in [0.05, 0.1) is 13.5 Å². The third-order valence-corrected chi connectivity index (χ3v) is 1.51. The molecule has 0 aromatic heterocycles. The molecule has 0 aromatic rings. The van der Waals surface area contributed by atoms with Gasteiger partial charge in [-0.05, 0) is 6.08 Å². The normalized spacial score (nSPS) is 10.8. The molecule has 0 aliphatic carbocycles. The minimum Gasteiger partial charge on any atom is -0.497 e. The molecule has 0 spiro atoms. The second kappa shape index (κ2) is 5.59. The first-order valence-corrected chi connectivity index (χ1v) is 4.26. The van der Waals surface area contributed by atoms with Crippen molar-refractivity contribution in [2.24, 2.45) is 0 Å². The van der Waals surface area contributed by atoms with E-state index in [1.54, 1.807) is 6.08 Å². The maximum atomic E-state index is 10.4. The van der Waals surface area contributed by atoms with E-state index in [0.29, 0.717) is 15.8 Å². The van der Waals surface area contributed by atoms with Crippen molar-refractivity contribution in [3.63, 3.8) is 0 Å². The van der Waals surface area contributed by atoms with Crippen LogP contribution in [0, 0.1) is 0 Å². The molecule has 3 nitrogen and oxygen atoms in total. The Morgan fingerprint density at radius 1 is 1.62 bits per heavy atom. The highest BCUT2D eigenvalue weighted by Gasteiger charge is 2.07. The number of carbonyl (C=O) groups is 1. The third kappa shape index (κ3) is 5.25. The van der Waals surface area contributed by atoms with Crippen molar-refractivity contribution in [1.29, 1.82) is 0 Å². The van der Waals surface area contributed by atoms with Crippen molar-refractivity contribution in [3.8, 4) is 0 Å². The van der Waals surface area contributed by atoms with Crippen LogP contribution >= 0.6 is 15.9 Å². The molecule has 0 radical (unpaired) electrons. The molecule has 0 amide bonds. The Hall–Kier alpha value is -1.03. The third-order valence-electron chi connectivity index (χ3n) is 1.28. The van der Waals surface area contributed by atoms with Gasteiger partial charge in [0, 0.05) is 10.1 Å². The molecule has 1 N–H and O–H groups in total. The van der Waals surface area contributed by atoms with E-state index in [-0.39, 0.29) is 6.42 Å². The summed E-state index contributed by atoms with van der Waals surface area (Å²) in [6, 6.07) is 0. The number of aliphatic carboxylic acids is 1. The van der Waals surface area contributed by atoms with Gasteiger partial charge in [0.1, 0.15) is 5.76 Å². The lowest BCUT2D eigenvalue weighted by Gasteiger charge is -2.06. The molecule has 0 atom stereocenters. The van der Waals surface area contributed by atoms with Crippen molar-refractivity contribution < 1.29 is 14.6 Å². The number of carboxylic acids is 1. The van der Waals surface area contributed by atoms with Crippen LogP contribution in [0.5, 0.6) is 0 Å². The van der Waals surface area contributed by atoms with Crippen LogP contribution in [0.4, 0.5) is 0 Å². The average Bonchev–Trinajstić information content (AvgIpc) is 2.00. The molecule has 0 heterocycles. The highest BCUT2D eigenvalue weighted by molar-refractivity contribution is 9.11. The monoisotopic (exact) mass is 246 g/mol. The van der Waals surface area contributed by atoms with E-state index in [1.807, 2.05) is 0 Å². The summed E-state index contributed by atoms with van der Waals surface area (Å²) in [5.41, 5.74) is 0.497. The fourth-order valence-electron chi connectivity index (χ4n) is 0.713. The molecule has 0 saturated carbocycles. The van der Waals surface area contributed by atoms with E-state index < -0.39 is 5.97 Å². The quantitative estimate of drug-likeness (QED) is 0.599. The summed E-state index contributed by atoms with van der Waals surface area (Å²) in [5, 5.41) is 8.56. The Labute approximate surface area is 85.5 Å². The average molecular weight is 247 g/mol. The van der Waals surface area contributed by atoms with E-state index in [2.05, 4.69) is 29.1 Å². The van der Waals surface area contributed by atoms with Gasteiger partial charge in [-0.15, -0.1) is 0 Å². The van der Waals surface area contributed by atoms with Gasteiger partial charge in [0.15, 0.2) is 0 Å². The molecular formula is C9H11BrO3. The van der Waals surface area contributed by atoms with E-state index in [4.69, 9.17) is 9.84 Å². The summed E-state index contributed by atoms with van der Waals surface area (Å²) in [4.78, 5) is 10.4. The summed E-state index contributed by atoms with van der Waals surface area (Å²) >= 11 is 3.10. The fourth-order valence-corrected chi connectivity index (χ4v) is 0.990. The highest BCUT2D eigenvalue weighted by atomic mass is 79.9. The van der Waals surface area contributed by atoms with Crippen LogP contribution in [0.3, 0.4) is 0 Å². The summed E-state index contributed by atoms with van der Waals surface area (Å²) in [6.07, 6.45) is 1.44. The number of allylic oxidation sites excluding steroid dienone is 3. The number of hydrogen-bond donors (Lipinski definition) is 1. The first kappa shape index (κ1) is 12.0. The van der Waals surface area contributed by atoms with Crippen LogP contribution in [-0.4, -0.2) is 18.2 Å². The Kier molecular flexibility index (Phi) is 5.14. The maximum absolute atomic E-state index is 10.4. The van der Waals surface area contributed by atoms with Gasteiger partial charge in [-0.2, -0.15) is 0 Å². The number of carboxylic acid groups (broad SMARTS) is 1. The van der Waals surface area contributed by atoms with E-state index in [1.165, 1.54) is 7.11 Å². The number of hydrogen-bond acceptors (Lipinski definition) is 2. The lowest BCUT2D eigenvalue weighted by Crippen LogP contribution is -2.00. The molecule has 4 heteroatoms. The van der Waals surface area contributed by atoms with Crippen molar-refractivity contribution in [2.75, 3.05) is 7.11 Å². The predicted octanol–water partition coefficient (Wildman–Crippen LogP) is 2.46. The molecule has 0 fully saturated rings. The molecule has 0 bridgehead atoms. The topological polar surface area (TPSA) is 46.5 Å². The lowest BCUT2D eigenvalue weighted by molar-refractivity contribution is -0.136. The molecule has 13 heavy (non-hydrogen) atoms. The smallest absolute Gasteiger partial charge is 0.307 e. The van der Waals surface area contributed by atoms with Gasteiger partial charge in [-0.1, -0.05) is 29.1 Å². The lowest BCUT2D eigenvalue weighted by atomic mass is 10.1. The van der Waals surface area contributed by atoms with E-state index >= 15 is 0 Å².